The van der Waals surface area contributed by atoms with E-state index in [0.29, 0.717) is 25.1 Å². The van der Waals surface area contributed by atoms with Crippen molar-refractivity contribution < 1.29 is 18.7 Å². The number of carbonyl (C=O) groups excluding carboxylic acids is 2. The minimum Gasteiger partial charge on any atom is -0.467 e. The molecule has 0 spiro atoms. The van der Waals surface area contributed by atoms with Crippen LogP contribution in [0.4, 0.5) is 4.39 Å². The van der Waals surface area contributed by atoms with Gasteiger partial charge in [0.1, 0.15) is 12.7 Å². The summed E-state index contributed by atoms with van der Waals surface area (Å²) < 4.78 is 18.4. The number of hydrogen-bond donors (Lipinski definition) is 1. The van der Waals surface area contributed by atoms with Gasteiger partial charge in [-0.05, 0) is 78.6 Å². The molecule has 2 aromatic rings. The molecule has 0 bridgehead atoms. The minimum absolute atomic E-state index is 0.302. The fourth-order valence-electron chi connectivity index (χ4n) is 5.34. The van der Waals surface area contributed by atoms with Crippen LogP contribution < -0.4 is 5.32 Å². The molecule has 3 rings (SSSR count). The molecule has 1 amide bonds. The van der Waals surface area contributed by atoms with Gasteiger partial charge in [0.2, 0.25) is 0 Å². The predicted octanol–water partition coefficient (Wildman–Crippen LogP) is 6.43. The van der Waals surface area contributed by atoms with Crippen LogP contribution in [0.5, 0.6) is 0 Å². The van der Waals surface area contributed by atoms with Gasteiger partial charge < -0.3 is 10.1 Å². The molecule has 208 valence electrons. The summed E-state index contributed by atoms with van der Waals surface area (Å²) in [6.07, 6.45) is 10.1. The number of aryl methyl sites for hydroxylation is 1. The molecule has 5 nitrogen and oxygen atoms in total. The SMILES string of the molecule is COC(=O)C(CCSC)NC(=O)c1ccc(CN(CCF)CCC2CCCCC2)cc1-c1ccccc1C. The number of alkyl halides is 1. The summed E-state index contributed by atoms with van der Waals surface area (Å²) in [5, 5.41) is 2.90. The number of esters is 1. The quantitative estimate of drug-likeness (QED) is 0.279. The van der Waals surface area contributed by atoms with E-state index in [2.05, 4.69) is 16.3 Å². The fraction of sp³-hybridized carbons (Fsp3) is 0.548. The van der Waals surface area contributed by atoms with E-state index in [-0.39, 0.29) is 12.6 Å². The second kappa shape index (κ2) is 15.9. The summed E-state index contributed by atoms with van der Waals surface area (Å²) in [5.74, 6) is 0.730. The van der Waals surface area contributed by atoms with Crippen molar-refractivity contribution in [2.75, 3.05) is 38.9 Å². The van der Waals surface area contributed by atoms with Crippen molar-refractivity contribution in [1.82, 2.24) is 10.2 Å². The molecule has 1 N–H and O–H groups in total. The van der Waals surface area contributed by atoms with Crippen LogP contribution in [0.3, 0.4) is 0 Å². The second-order valence-corrected chi connectivity index (χ2v) is 11.3. The van der Waals surface area contributed by atoms with Crippen molar-refractivity contribution in [3.05, 3.63) is 59.2 Å². The largest absolute Gasteiger partial charge is 0.467 e. The first-order valence-corrected chi connectivity index (χ1v) is 15.2. The van der Waals surface area contributed by atoms with Gasteiger partial charge in [-0.25, -0.2) is 9.18 Å². The third-order valence-corrected chi connectivity index (χ3v) is 8.19. The first-order valence-electron chi connectivity index (χ1n) is 13.8. The molecule has 7 heteroatoms. The average molecular weight is 543 g/mol. The van der Waals surface area contributed by atoms with Crippen molar-refractivity contribution in [2.24, 2.45) is 5.92 Å². The Morgan fingerprint density at radius 2 is 1.87 bits per heavy atom. The van der Waals surface area contributed by atoms with Gasteiger partial charge in [-0.2, -0.15) is 11.8 Å². The van der Waals surface area contributed by atoms with E-state index in [1.807, 2.05) is 49.6 Å². The molecular weight excluding hydrogens is 499 g/mol. The van der Waals surface area contributed by atoms with Crippen molar-refractivity contribution >= 4 is 23.6 Å². The molecule has 0 saturated heterocycles. The van der Waals surface area contributed by atoms with Gasteiger partial charge in [-0.3, -0.25) is 9.69 Å². The van der Waals surface area contributed by atoms with Crippen LogP contribution in [0.1, 0.15) is 66.4 Å². The van der Waals surface area contributed by atoms with Crippen molar-refractivity contribution in [2.45, 2.75) is 64.5 Å². The summed E-state index contributed by atoms with van der Waals surface area (Å²) in [5.41, 5.74) is 4.41. The Hall–Kier alpha value is -2.38. The Kier molecular flexibility index (Phi) is 12.6. The van der Waals surface area contributed by atoms with E-state index in [4.69, 9.17) is 4.74 Å². The van der Waals surface area contributed by atoms with E-state index in [1.54, 1.807) is 11.8 Å². The highest BCUT2D eigenvalue weighted by atomic mass is 32.2. The molecule has 0 heterocycles. The van der Waals surface area contributed by atoms with Crippen molar-refractivity contribution in [1.29, 1.82) is 0 Å². The monoisotopic (exact) mass is 542 g/mol. The maximum absolute atomic E-state index is 13.5. The third kappa shape index (κ3) is 8.84. The van der Waals surface area contributed by atoms with E-state index in [1.165, 1.54) is 39.2 Å². The topological polar surface area (TPSA) is 58.6 Å². The minimum atomic E-state index is -0.704. The lowest BCUT2D eigenvalue weighted by Crippen LogP contribution is -2.42. The van der Waals surface area contributed by atoms with E-state index in [9.17, 15) is 14.0 Å². The molecule has 38 heavy (non-hydrogen) atoms. The lowest BCUT2D eigenvalue weighted by atomic mass is 9.87. The zero-order chi connectivity index (χ0) is 27.3. The Bertz CT molecular complexity index is 1040. The molecule has 0 aromatic heterocycles. The summed E-state index contributed by atoms with van der Waals surface area (Å²) in [6.45, 7) is 3.58. The van der Waals surface area contributed by atoms with Gasteiger partial charge >= 0.3 is 5.97 Å². The highest BCUT2D eigenvalue weighted by molar-refractivity contribution is 7.98. The van der Waals surface area contributed by atoms with Crippen LogP contribution in [0.25, 0.3) is 11.1 Å². The fourth-order valence-corrected chi connectivity index (χ4v) is 5.81. The van der Waals surface area contributed by atoms with Crippen molar-refractivity contribution in [3.63, 3.8) is 0 Å². The number of benzene rings is 2. The lowest BCUT2D eigenvalue weighted by molar-refractivity contribution is -0.142. The average Bonchev–Trinajstić information content (AvgIpc) is 2.94. The molecule has 1 unspecified atom stereocenters. The summed E-state index contributed by atoms with van der Waals surface area (Å²) in [4.78, 5) is 28.0. The molecule has 0 radical (unpaired) electrons. The van der Waals surface area contributed by atoms with Crippen molar-refractivity contribution in [3.8, 4) is 11.1 Å². The van der Waals surface area contributed by atoms with Crippen LogP contribution in [0, 0.1) is 12.8 Å². The summed E-state index contributed by atoms with van der Waals surface area (Å²) in [7, 11) is 1.34. The number of nitrogens with one attached hydrogen (secondary N) is 1. The standard InChI is InChI=1S/C31H43FN2O3S/c1-23-9-7-8-12-26(23)28-21-25(22-34(19-17-32)18-15-24-10-5-4-6-11-24)13-14-27(28)30(35)33-29(16-20-38-3)31(36)37-2/h7-9,12-14,21,24,29H,4-6,10-11,15-20,22H2,1-3H3,(H,33,35). The number of rotatable bonds is 14. The first-order chi connectivity index (χ1) is 18.5. The molecule has 1 aliphatic rings. The molecule has 1 aliphatic carbocycles. The normalized spacial score (nSPS) is 14.9. The van der Waals surface area contributed by atoms with Crippen LogP contribution in [0.15, 0.2) is 42.5 Å². The second-order valence-electron chi connectivity index (χ2n) is 10.3. The highest BCUT2D eigenvalue weighted by Gasteiger charge is 2.24. The number of thioether (sulfide) groups is 1. The molecule has 1 fully saturated rings. The maximum atomic E-state index is 13.5. The van der Waals surface area contributed by atoms with Crippen LogP contribution in [-0.2, 0) is 16.1 Å². The summed E-state index contributed by atoms with van der Waals surface area (Å²) in [6, 6.07) is 13.1. The highest BCUT2D eigenvalue weighted by Crippen LogP contribution is 2.30. The van der Waals surface area contributed by atoms with E-state index < -0.39 is 12.0 Å². The maximum Gasteiger partial charge on any atom is 0.328 e. The van der Waals surface area contributed by atoms with Gasteiger partial charge in [0.25, 0.3) is 5.91 Å². The van der Waals surface area contributed by atoms with Crippen LogP contribution in [0.2, 0.25) is 0 Å². The van der Waals surface area contributed by atoms with Gasteiger partial charge in [0, 0.05) is 18.7 Å². The van der Waals surface area contributed by atoms with Crippen LogP contribution >= 0.6 is 11.8 Å². The third-order valence-electron chi connectivity index (χ3n) is 7.55. The number of methoxy groups -OCH3 is 1. The number of amides is 1. The smallest absolute Gasteiger partial charge is 0.328 e. The van der Waals surface area contributed by atoms with E-state index in [0.717, 1.165) is 46.9 Å². The number of ether oxygens (including phenoxy) is 1. The summed E-state index contributed by atoms with van der Waals surface area (Å²) >= 11 is 1.62. The molecule has 2 aromatic carbocycles. The number of halogens is 1. The van der Waals surface area contributed by atoms with E-state index >= 15 is 0 Å². The zero-order valence-corrected chi connectivity index (χ0v) is 24.0. The van der Waals surface area contributed by atoms with Gasteiger partial charge in [-0.15, -0.1) is 0 Å². The molecule has 0 aliphatic heterocycles. The van der Waals surface area contributed by atoms with Gasteiger partial charge in [-0.1, -0.05) is 62.4 Å². The predicted molar refractivity (Wildman–Crippen MR) is 155 cm³/mol. The van der Waals surface area contributed by atoms with Gasteiger partial charge in [0.15, 0.2) is 0 Å². The Labute approximate surface area is 231 Å². The lowest BCUT2D eigenvalue weighted by Gasteiger charge is -2.27. The molecule has 1 atom stereocenters. The number of carbonyl (C=O) groups is 2. The number of nitrogens with zero attached hydrogens (tertiary/aromatic N) is 1. The molecule has 1 saturated carbocycles. The zero-order valence-electron chi connectivity index (χ0n) is 23.1. The Morgan fingerprint density at radius 1 is 1.11 bits per heavy atom. The van der Waals surface area contributed by atoms with Gasteiger partial charge in [0.05, 0.1) is 7.11 Å². The Morgan fingerprint density at radius 3 is 2.55 bits per heavy atom. The molecular formula is C31H43FN2O3S. The Balaban J connectivity index is 1.85. The first kappa shape index (κ1) is 30.2. The number of hydrogen-bond acceptors (Lipinski definition) is 5. The van der Waals surface area contributed by atoms with Crippen LogP contribution in [-0.4, -0.2) is 61.7 Å².